The zero-order valence-electron chi connectivity index (χ0n) is 19.0. The molecule has 4 rings (SSSR count). The van der Waals surface area contributed by atoms with Crippen molar-refractivity contribution in [2.24, 2.45) is 5.41 Å². The molecule has 0 fully saturated rings. The number of benzene rings is 3. The average molecular weight is 511 g/mol. The Labute approximate surface area is 213 Å². The maximum Gasteiger partial charge on any atom is 0.323 e. The number of carbonyl (C=O) groups excluding carboxylic acids is 2. The highest BCUT2D eigenvalue weighted by Crippen LogP contribution is 2.42. The summed E-state index contributed by atoms with van der Waals surface area (Å²) in [4.78, 5) is 36.9. The minimum absolute atomic E-state index is 0.105. The van der Waals surface area contributed by atoms with E-state index in [1.54, 1.807) is 42.5 Å². The molecule has 3 aromatic rings. The summed E-state index contributed by atoms with van der Waals surface area (Å²) in [5, 5.41) is 15.7. The van der Waals surface area contributed by atoms with E-state index in [-0.39, 0.29) is 12.2 Å². The third kappa shape index (κ3) is 5.34. The number of amides is 2. The van der Waals surface area contributed by atoms with E-state index in [1.165, 1.54) is 0 Å². The Bertz CT molecular complexity index is 1320. The van der Waals surface area contributed by atoms with Crippen molar-refractivity contribution in [3.63, 3.8) is 0 Å². The van der Waals surface area contributed by atoms with Gasteiger partial charge in [0, 0.05) is 32.9 Å². The van der Waals surface area contributed by atoms with Gasteiger partial charge < -0.3 is 15.7 Å². The van der Waals surface area contributed by atoms with Crippen LogP contribution in [0.4, 0.5) is 16.2 Å². The fraction of sp³-hybridized carbons (Fsp3) is 0.222. The first-order chi connectivity index (χ1) is 16.7. The minimum atomic E-state index is -0.956. The van der Waals surface area contributed by atoms with Crippen LogP contribution in [0, 0.1) is 5.41 Å². The van der Waals surface area contributed by atoms with Gasteiger partial charge in [-0.05, 0) is 60.7 Å². The van der Waals surface area contributed by atoms with Crippen LogP contribution < -0.4 is 10.6 Å². The monoisotopic (exact) mass is 510 g/mol. The summed E-state index contributed by atoms with van der Waals surface area (Å²) in [6, 6.07) is 17.1. The van der Waals surface area contributed by atoms with Crippen LogP contribution in [0.3, 0.4) is 0 Å². The van der Waals surface area contributed by atoms with E-state index < -0.39 is 17.4 Å². The van der Waals surface area contributed by atoms with Crippen LogP contribution in [0.25, 0.3) is 11.1 Å². The number of hydrogen-bond donors (Lipinski definition) is 3. The van der Waals surface area contributed by atoms with Gasteiger partial charge in [0.15, 0.2) is 5.78 Å². The van der Waals surface area contributed by atoms with Crippen molar-refractivity contribution < 1.29 is 19.5 Å². The zero-order chi connectivity index (χ0) is 25.2. The number of Topliss-reactive ketones (excluding diaryl/α,β-unsaturated/α-hetero) is 1. The lowest BCUT2D eigenvalue weighted by Gasteiger charge is -2.35. The molecule has 0 saturated heterocycles. The van der Waals surface area contributed by atoms with E-state index in [9.17, 15) is 19.5 Å². The van der Waals surface area contributed by atoms with Gasteiger partial charge in [0.1, 0.15) is 0 Å². The Balaban J connectivity index is 1.52. The number of nitrogens with one attached hydrogen (secondary N) is 2. The summed E-state index contributed by atoms with van der Waals surface area (Å²) in [6.45, 7) is 1.87. The maximum absolute atomic E-state index is 13.2. The van der Waals surface area contributed by atoms with Crippen LogP contribution in [0.1, 0.15) is 42.1 Å². The highest BCUT2D eigenvalue weighted by Gasteiger charge is 2.42. The molecule has 3 N–H and O–H groups in total. The number of hydrogen-bond acceptors (Lipinski definition) is 3. The molecule has 1 aliphatic carbocycles. The van der Waals surface area contributed by atoms with Crippen LogP contribution in [-0.2, 0) is 11.2 Å². The van der Waals surface area contributed by atoms with E-state index in [0.29, 0.717) is 46.2 Å². The van der Waals surface area contributed by atoms with Gasteiger partial charge in [-0.15, -0.1) is 0 Å². The number of anilines is 2. The lowest BCUT2D eigenvalue weighted by atomic mass is 9.67. The van der Waals surface area contributed by atoms with Crippen molar-refractivity contribution in [1.82, 2.24) is 0 Å². The molecule has 3 aromatic carbocycles. The third-order valence-corrected chi connectivity index (χ3v) is 7.04. The summed E-state index contributed by atoms with van der Waals surface area (Å²) in [5.74, 6) is -1.06. The number of rotatable bonds is 6. The Morgan fingerprint density at radius 3 is 2.34 bits per heavy atom. The van der Waals surface area contributed by atoms with Gasteiger partial charge in [-0.25, -0.2) is 4.79 Å². The van der Waals surface area contributed by atoms with Crippen molar-refractivity contribution in [3.8, 4) is 11.1 Å². The average Bonchev–Trinajstić information content (AvgIpc) is 2.80. The fourth-order valence-electron chi connectivity index (χ4n) is 4.57. The van der Waals surface area contributed by atoms with E-state index in [4.69, 9.17) is 23.2 Å². The predicted octanol–water partition coefficient (Wildman–Crippen LogP) is 7.30. The first kappa shape index (κ1) is 24.8. The fourth-order valence-corrected chi connectivity index (χ4v) is 5.05. The van der Waals surface area contributed by atoms with Gasteiger partial charge in [-0.2, -0.15) is 0 Å². The molecule has 1 aliphatic rings. The molecule has 180 valence electrons. The summed E-state index contributed by atoms with van der Waals surface area (Å²) in [6.07, 6.45) is 1.46. The summed E-state index contributed by atoms with van der Waals surface area (Å²) in [7, 11) is 0. The smallest absolute Gasteiger partial charge is 0.323 e. The first-order valence-electron chi connectivity index (χ1n) is 11.2. The van der Waals surface area contributed by atoms with Crippen molar-refractivity contribution in [2.75, 3.05) is 10.6 Å². The molecule has 0 aliphatic heterocycles. The summed E-state index contributed by atoms with van der Waals surface area (Å²) >= 11 is 12.5. The summed E-state index contributed by atoms with van der Waals surface area (Å²) in [5.41, 5.74) is 3.32. The molecule has 35 heavy (non-hydrogen) atoms. The highest BCUT2D eigenvalue weighted by molar-refractivity contribution is 6.33. The van der Waals surface area contributed by atoms with Gasteiger partial charge in [0.2, 0.25) is 0 Å². The second-order valence-corrected chi connectivity index (χ2v) is 9.53. The van der Waals surface area contributed by atoms with Crippen molar-refractivity contribution in [2.45, 2.75) is 32.6 Å². The van der Waals surface area contributed by atoms with Crippen molar-refractivity contribution >= 4 is 52.4 Å². The molecule has 2 amide bonds. The molecule has 0 spiro atoms. The van der Waals surface area contributed by atoms with E-state index >= 15 is 0 Å². The van der Waals surface area contributed by atoms with Crippen LogP contribution in [0.5, 0.6) is 0 Å². The lowest BCUT2D eigenvalue weighted by Crippen LogP contribution is -2.37. The van der Waals surface area contributed by atoms with Gasteiger partial charge in [-0.3, -0.25) is 9.59 Å². The number of carbonyl (C=O) groups is 3. The van der Waals surface area contributed by atoms with Crippen LogP contribution in [0.15, 0.2) is 60.7 Å². The molecule has 0 unspecified atom stereocenters. The van der Waals surface area contributed by atoms with Crippen molar-refractivity contribution in [1.29, 1.82) is 0 Å². The Hall–Kier alpha value is -3.35. The number of carboxylic acids is 1. The molecule has 0 bridgehead atoms. The molecular weight excluding hydrogens is 487 g/mol. The number of aryl methyl sites for hydroxylation is 1. The predicted molar refractivity (Wildman–Crippen MR) is 139 cm³/mol. The second-order valence-electron chi connectivity index (χ2n) is 8.69. The van der Waals surface area contributed by atoms with Gasteiger partial charge in [0.05, 0.1) is 11.4 Å². The number of carboxylic acid groups (broad SMARTS) is 1. The van der Waals surface area contributed by atoms with E-state index in [2.05, 4.69) is 10.6 Å². The molecular formula is C27H24Cl2N2O4. The van der Waals surface area contributed by atoms with Gasteiger partial charge in [0.25, 0.3) is 0 Å². The van der Waals surface area contributed by atoms with Crippen LogP contribution >= 0.6 is 23.2 Å². The van der Waals surface area contributed by atoms with Crippen LogP contribution in [0.2, 0.25) is 10.0 Å². The zero-order valence-corrected chi connectivity index (χ0v) is 20.5. The quantitative estimate of drug-likeness (QED) is 0.324. The Morgan fingerprint density at radius 2 is 1.69 bits per heavy atom. The summed E-state index contributed by atoms with van der Waals surface area (Å²) < 4.78 is 0. The van der Waals surface area contributed by atoms with Crippen LogP contribution in [-0.4, -0.2) is 22.9 Å². The number of ketones is 1. The topological polar surface area (TPSA) is 95.5 Å². The molecule has 6 nitrogen and oxygen atoms in total. The van der Waals surface area contributed by atoms with Crippen molar-refractivity contribution in [3.05, 3.63) is 81.8 Å². The number of urea groups is 1. The third-order valence-electron chi connectivity index (χ3n) is 6.49. The molecule has 0 radical (unpaired) electrons. The standard InChI is InChI=1S/C27H24Cl2N2O4/c1-2-27(15-24(32)33)11-10-17-12-16(6-8-22(17)25(27)34)21-9-7-20(14-23(21)29)31-26(35)30-19-5-3-4-18(28)13-19/h3-9,12-14H,2,10-11,15H2,1H3,(H,32,33)(H2,30,31,35)/t27-/m1/s1. The molecule has 8 heteroatoms. The molecule has 0 aromatic heterocycles. The number of aliphatic carboxylic acids is 1. The Kier molecular flexibility index (Phi) is 7.15. The maximum atomic E-state index is 13.2. The SMILES string of the molecule is CC[C@]1(CC(=O)O)CCc2cc(-c3ccc(NC(=O)Nc4cccc(Cl)c4)cc3Cl)ccc2C1=O. The Morgan fingerprint density at radius 1 is 0.971 bits per heavy atom. The largest absolute Gasteiger partial charge is 0.481 e. The normalized spacial score (nSPS) is 16.9. The first-order valence-corrected chi connectivity index (χ1v) is 12.0. The lowest BCUT2D eigenvalue weighted by molar-refractivity contribution is -0.139. The number of halogens is 2. The second kappa shape index (κ2) is 10.1. The number of fused-ring (bicyclic) bond motifs is 1. The minimum Gasteiger partial charge on any atom is -0.481 e. The van der Waals surface area contributed by atoms with Gasteiger partial charge >= 0.3 is 12.0 Å². The van der Waals surface area contributed by atoms with E-state index in [0.717, 1.165) is 16.7 Å². The van der Waals surface area contributed by atoms with E-state index in [1.807, 2.05) is 25.1 Å². The molecule has 0 saturated carbocycles. The highest BCUT2D eigenvalue weighted by atomic mass is 35.5. The molecule has 1 atom stereocenters. The molecule has 0 heterocycles. The van der Waals surface area contributed by atoms with Gasteiger partial charge in [-0.1, -0.05) is 60.5 Å².